The van der Waals surface area contributed by atoms with Gasteiger partial charge in [-0.05, 0) is 48.4 Å². The van der Waals surface area contributed by atoms with Gasteiger partial charge in [-0.1, -0.05) is 49.6 Å². The van der Waals surface area contributed by atoms with Gasteiger partial charge in [0.05, 0.1) is 13.1 Å². The van der Waals surface area contributed by atoms with E-state index in [1.165, 1.54) is 30.4 Å². The van der Waals surface area contributed by atoms with Crippen LogP contribution in [0.25, 0.3) is 0 Å². The largest absolute Gasteiger partial charge is 0.426 e. The molecule has 0 saturated heterocycles. The molecule has 4 rings (SSSR count). The van der Waals surface area contributed by atoms with E-state index in [-0.39, 0.29) is 22.3 Å². The molecular weight excluding hydrogens is 607 g/mol. The molecule has 0 aromatic heterocycles. The number of hydrogen-bond acceptors (Lipinski definition) is 5. The van der Waals surface area contributed by atoms with Crippen LogP contribution in [0.2, 0.25) is 0 Å². The summed E-state index contributed by atoms with van der Waals surface area (Å²) >= 11 is 0. The van der Waals surface area contributed by atoms with Crippen molar-refractivity contribution in [1.29, 1.82) is 0 Å². The van der Waals surface area contributed by atoms with Gasteiger partial charge in [0.15, 0.2) is 28.2 Å². The van der Waals surface area contributed by atoms with E-state index >= 15 is 0 Å². The lowest BCUT2D eigenvalue weighted by atomic mass is 9.84. The lowest BCUT2D eigenvalue weighted by Crippen LogP contribution is -2.41. The predicted molar refractivity (Wildman–Crippen MR) is 152 cm³/mol. The molecule has 1 aliphatic rings. The second-order valence-electron chi connectivity index (χ2n) is 10.8. The highest BCUT2D eigenvalue weighted by Gasteiger charge is 2.37. The summed E-state index contributed by atoms with van der Waals surface area (Å²) in [6, 6.07) is 12.1. The van der Waals surface area contributed by atoms with E-state index in [1.807, 2.05) is 24.3 Å². The molecule has 44 heavy (non-hydrogen) atoms. The Kier molecular flexibility index (Phi) is 10.1. The predicted octanol–water partition coefficient (Wildman–Crippen LogP) is 6.52. The maximum absolute atomic E-state index is 14.4. The number of carbonyl (C=O) groups excluding carboxylic acids is 2. The quantitative estimate of drug-likeness (QED) is 0.0877. The fourth-order valence-corrected chi connectivity index (χ4v) is 6.41. The maximum atomic E-state index is 14.4. The second kappa shape index (κ2) is 13.4. The number of hydrogen-bond donors (Lipinski definition) is 0. The number of nitrogens with zero attached hydrogens (tertiary/aromatic N) is 2. The average molecular weight is 639 g/mol. The Morgan fingerprint density at radius 1 is 0.864 bits per heavy atom. The van der Waals surface area contributed by atoms with Gasteiger partial charge in [-0.15, -0.1) is 0 Å². The SMILES string of the molecule is CC(=O)Oc1cc(N(Cc2ccc(C3CCCCC3)cc2)C(=O)CN(C)S(=O)(=O)c2c(F)c(F)c(F)c(F)c2F)ccc1C. The summed E-state index contributed by atoms with van der Waals surface area (Å²) in [5.41, 5.74) is 2.60. The smallest absolute Gasteiger partial charge is 0.308 e. The Bertz CT molecular complexity index is 1650. The highest BCUT2D eigenvalue weighted by Crippen LogP contribution is 2.34. The molecule has 1 fully saturated rings. The normalized spacial score (nSPS) is 14.1. The lowest BCUT2D eigenvalue weighted by Gasteiger charge is -2.27. The van der Waals surface area contributed by atoms with Gasteiger partial charge in [0.25, 0.3) is 0 Å². The van der Waals surface area contributed by atoms with Crippen LogP contribution in [0.5, 0.6) is 5.75 Å². The number of benzene rings is 3. The molecule has 13 heteroatoms. The zero-order valence-electron chi connectivity index (χ0n) is 24.3. The summed E-state index contributed by atoms with van der Waals surface area (Å²) < 4.78 is 101. The Morgan fingerprint density at radius 2 is 1.43 bits per heavy atom. The minimum Gasteiger partial charge on any atom is -0.426 e. The minimum absolute atomic E-state index is 0.0806. The molecule has 3 aromatic carbocycles. The van der Waals surface area contributed by atoms with Crippen molar-refractivity contribution in [2.45, 2.75) is 63.3 Å². The van der Waals surface area contributed by atoms with Crippen molar-refractivity contribution in [1.82, 2.24) is 4.31 Å². The van der Waals surface area contributed by atoms with Crippen LogP contribution < -0.4 is 9.64 Å². The fourth-order valence-electron chi connectivity index (χ4n) is 5.19. The van der Waals surface area contributed by atoms with Crippen molar-refractivity contribution in [3.63, 3.8) is 0 Å². The van der Waals surface area contributed by atoms with E-state index in [4.69, 9.17) is 4.74 Å². The van der Waals surface area contributed by atoms with Gasteiger partial charge >= 0.3 is 5.97 Å². The highest BCUT2D eigenvalue weighted by atomic mass is 32.2. The number of halogens is 5. The molecule has 0 radical (unpaired) electrons. The van der Waals surface area contributed by atoms with Crippen LogP contribution in [-0.4, -0.2) is 38.2 Å². The highest BCUT2D eigenvalue weighted by molar-refractivity contribution is 7.89. The zero-order valence-corrected chi connectivity index (χ0v) is 25.1. The Morgan fingerprint density at radius 3 is 2.00 bits per heavy atom. The van der Waals surface area contributed by atoms with Gasteiger partial charge in [-0.3, -0.25) is 9.59 Å². The third-order valence-electron chi connectivity index (χ3n) is 7.63. The molecule has 0 heterocycles. The first kappa shape index (κ1) is 33.1. The number of anilines is 1. The molecule has 0 N–H and O–H groups in total. The number of likely N-dealkylation sites (N-methyl/N-ethyl adjacent to an activating group) is 1. The molecule has 0 spiro atoms. The van der Waals surface area contributed by atoms with Crippen LogP contribution in [0.15, 0.2) is 47.4 Å². The monoisotopic (exact) mass is 638 g/mol. The van der Waals surface area contributed by atoms with E-state index in [0.29, 0.717) is 17.0 Å². The van der Waals surface area contributed by atoms with Crippen molar-refractivity contribution in [3.05, 3.63) is 88.2 Å². The van der Waals surface area contributed by atoms with Gasteiger partial charge in [-0.25, -0.2) is 30.4 Å². The van der Waals surface area contributed by atoms with Gasteiger partial charge in [0, 0.05) is 25.7 Å². The fraction of sp³-hybridized carbons (Fsp3) is 0.355. The molecule has 7 nitrogen and oxygen atoms in total. The summed E-state index contributed by atoms with van der Waals surface area (Å²) in [7, 11) is -4.60. The van der Waals surface area contributed by atoms with Crippen molar-refractivity contribution in [3.8, 4) is 5.75 Å². The van der Waals surface area contributed by atoms with E-state index in [0.717, 1.165) is 38.3 Å². The Labute approximate surface area is 252 Å². The standard InChI is InChI=1S/C31H31F5N2O5S/c1-18-9-14-23(15-24(18)43-19(2)39)38(16-20-10-12-22(13-11-20)21-7-5-4-6-8-21)25(40)17-37(3)44(41,42)31-29(35)27(33)26(32)28(34)30(31)36/h9-15,21H,4-8,16-17H2,1-3H3. The van der Waals surface area contributed by atoms with Crippen molar-refractivity contribution < 1.29 is 44.7 Å². The van der Waals surface area contributed by atoms with E-state index in [9.17, 15) is 40.0 Å². The van der Waals surface area contributed by atoms with Crippen LogP contribution in [0.4, 0.5) is 27.6 Å². The first-order valence-electron chi connectivity index (χ1n) is 13.9. The molecule has 236 valence electrons. The van der Waals surface area contributed by atoms with Crippen molar-refractivity contribution in [2.75, 3.05) is 18.5 Å². The second-order valence-corrected chi connectivity index (χ2v) is 12.7. The number of amides is 1. The summed E-state index contributed by atoms with van der Waals surface area (Å²) in [4.78, 5) is 24.4. The van der Waals surface area contributed by atoms with Crippen molar-refractivity contribution >= 4 is 27.6 Å². The molecule has 0 unspecified atom stereocenters. The summed E-state index contributed by atoms with van der Waals surface area (Å²) in [6.45, 7) is 1.76. The topological polar surface area (TPSA) is 84.0 Å². The number of esters is 1. The van der Waals surface area contributed by atoms with E-state index in [2.05, 4.69) is 0 Å². The van der Waals surface area contributed by atoms with Crippen LogP contribution in [0.1, 0.15) is 61.6 Å². The Balaban J connectivity index is 1.67. The summed E-state index contributed by atoms with van der Waals surface area (Å²) in [6.07, 6.45) is 5.65. The molecule has 1 amide bonds. The number of carbonyl (C=O) groups is 2. The van der Waals surface area contributed by atoms with Crippen LogP contribution in [-0.2, 0) is 26.2 Å². The van der Waals surface area contributed by atoms with Gasteiger partial charge in [-0.2, -0.15) is 4.31 Å². The van der Waals surface area contributed by atoms with E-state index in [1.54, 1.807) is 13.0 Å². The molecule has 0 aliphatic heterocycles. The Hall–Kier alpha value is -3.84. The van der Waals surface area contributed by atoms with Crippen LogP contribution >= 0.6 is 0 Å². The average Bonchev–Trinajstić information content (AvgIpc) is 2.99. The summed E-state index contributed by atoms with van der Waals surface area (Å²) in [5.74, 6) is -13.4. The third kappa shape index (κ3) is 6.94. The molecule has 0 atom stereocenters. The maximum Gasteiger partial charge on any atom is 0.308 e. The number of ether oxygens (including phenoxy) is 1. The molecular formula is C31H31F5N2O5S. The number of aryl methyl sites for hydroxylation is 1. The van der Waals surface area contributed by atoms with Crippen molar-refractivity contribution in [2.24, 2.45) is 0 Å². The van der Waals surface area contributed by atoms with Crippen LogP contribution in [0.3, 0.4) is 0 Å². The first-order valence-corrected chi connectivity index (χ1v) is 15.3. The van der Waals surface area contributed by atoms with E-state index < -0.39 is 62.4 Å². The summed E-state index contributed by atoms with van der Waals surface area (Å²) in [5, 5.41) is 0. The zero-order chi connectivity index (χ0) is 32.3. The van der Waals surface area contributed by atoms with Gasteiger partial charge in [0.1, 0.15) is 5.75 Å². The van der Waals surface area contributed by atoms with Gasteiger partial charge < -0.3 is 9.64 Å². The molecule has 3 aromatic rings. The molecule has 1 aliphatic carbocycles. The molecule has 1 saturated carbocycles. The minimum atomic E-state index is -5.37. The third-order valence-corrected chi connectivity index (χ3v) is 9.45. The molecule has 0 bridgehead atoms. The number of rotatable bonds is 9. The first-order chi connectivity index (χ1) is 20.7. The van der Waals surface area contributed by atoms with Gasteiger partial charge in [0.2, 0.25) is 21.7 Å². The number of sulfonamides is 1. The lowest BCUT2D eigenvalue weighted by molar-refractivity contribution is -0.131. The van der Waals surface area contributed by atoms with Crippen LogP contribution in [0, 0.1) is 36.0 Å².